The number of halogens is 1. The van der Waals surface area contributed by atoms with E-state index < -0.39 is 5.82 Å². The molecule has 0 unspecified atom stereocenters. The number of benzene rings is 3. The van der Waals surface area contributed by atoms with Gasteiger partial charge in [0.2, 0.25) is 5.91 Å². The maximum Gasteiger partial charge on any atom is 0.265 e. The van der Waals surface area contributed by atoms with Crippen LogP contribution in [0.1, 0.15) is 17.0 Å². The van der Waals surface area contributed by atoms with E-state index >= 15 is 0 Å². The van der Waals surface area contributed by atoms with Gasteiger partial charge in [-0.2, -0.15) is 0 Å². The van der Waals surface area contributed by atoms with E-state index in [1.165, 1.54) is 6.07 Å². The predicted molar refractivity (Wildman–Crippen MR) is 116 cm³/mol. The molecule has 4 rings (SSSR count). The lowest BCUT2D eigenvalue weighted by molar-refractivity contribution is -0.115. The number of amides is 1. The number of nitrogens with one attached hydrogen (secondary N) is 1. The Labute approximate surface area is 172 Å². The van der Waals surface area contributed by atoms with Crippen molar-refractivity contribution in [1.82, 2.24) is 9.55 Å². The van der Waals surface area contributed by atoms with Gasteiger partial charge >= 0.3 is 0 Å². The SMILES string of the molecule is Cc1cc(-n2c(C)nc3ccccc3c2=O)ccc1NC(=O)Cc1ccccc1F. The first-order chi connectivity index (χ1) is 14.4. The van der Waals surface area contributed by atoms with Crippen LogP contribution in [-0.4, -0.2) is 15.5 Å². The van der Waals surface area contributed by atoms with Gasteiger partial charge in [-0.25, -0.2) is 9.37 Å². The van der Waals surface area contributed by atoms with Gasteiger partial charge in [0.05, 0.1) is 23.0 Å². The Morgan fingerprint density at radius 1 is 1.03 bits per heavy atom. The molecule has 0 saturated carbocycles. The molecule has 6 heteroatoms. The van der Waals surface area contributed by atoms with Crippen LogP contribution in [0.25, 0.3) is 16.6 Å². The molecule has 1 aromatic heterocycles. The molecule has 0 atom stereocenters. The van der Waals surface area contributed by atoms with E-state index in [4.69, 9.17) is 0 Å². The topological polar surface area (TPSA) is 64.0 Å². The fraction of sp³-hybridized carbons (Fsp3) is 0.125. The van der Waals surface area contributed by atoms with Crippen molar-refractivity contribution < 1.29 is 9.18 Å². The molecule has 0 aliphatic heterocycles. The number of hydrogen-bond acceptors (Lipinski definition) is 3. The molecule has 0 saturated heterocycles. The number of carbonyl (C=O) groups is 1. The van der Waals surface area contributed by atoms with E-state index in [1.807, 2.05) is 31.2 Å². The van der Waals surface area contributed by atoms with Crippen LogP contribution in [0, 0.1) is 19.7 Å². The van der Waals surface area contributed by atoms with E-state index in [2.05, 4.69) is 10.3 Å². The summed E-state index contributed by atoms with van der Waals surface area (Å²) in [6, 6.07) is 18.8. The Balaban J connectivity index is 1.63. The minimum absolute atomic E-state index is 0.0545. The Hall–Kier alpha value is -3.80. The Kier molecular flexibility index (Phi) is 5.14. The molecule has 1 heterocycles. The summed E-state index contributed by atoms with van der Waals surface area (Å²) in [5, 5.41) is 3.36. The molecule has 0 aliphatic rings. The van der Waals surface area contributed by atoms with Crippen LogP contribution in [0.3, 0.4) is 0 Å². The normalized spacial score (nSPS) is 10.9. The van der Waals surface area contributed by atoms with Crippen molar-refractivity contribution in [2.24, 2.45) is 0 Å². The van der Waals surface area contributed by atoms with Gasteiger partial charge in [-0.1, -0.05) is 30.3 Å². The molecule has 0 radical (unpaired) electrons. The van der Waals surface area contributed by atoms with E-state index in [0.29, 0.717) is 33.7 Å². The third-order valence-corrected chi connectivity index (χ3v) is 4.99. The highest BCUT2D eigenvalue weighted by atomic mass is 19.1. The average Bonchev–Trinajstić information content (AvgIpc) is 2.72. The van der Waals surface area contributed by atoms with Crippen molar-refractivity contribution in [2.75, 3.05) is 5.32 Å². The summed E-state index contributed by atoms with van der Waals surface area (Å²) in [6.45, 7) is 3.63. The lowest BCUT2D eigenvalue weighted by Crippen LogP contribution is -2.22. The van der Waals surface area contributed by atoms with Crippen LogP contribution >= 0.6 is 0 Å². The van der Waals surface area contributed by atoms with Gasteiger partial charge in [0.1, 0.15) is 11.6 Å². The summed E-state index contributed by atoms with van der Waals surface area (Å²) >= 11 is 0. The molecule has 1 amide bonds. The second-order valence-electron chi connectivity index (χ2n) is 7.13. The molecule has 150 valence electrons. The molecular weight excluding hydrogens is 381 g/mol. The number of rotatable bonds is 4. The number of nitrogens with zero attached hydrogens (tertiary/aromatic N) is 2. The lowest BCUT2D eigenvalue weighted by atomic mass is 10.1. The third-order valence-electron chi connectivity index (χ3n) is 4.99. The third kappa shape index (κ3) is 3.72. The highest BCUT2D eigenvalue weighted by molar-refractivity contribution is 5.93. The highest BCUT2D eigenvalue weighted by Gasteiger charge is 2.13. The summed E-state index contributed by atoms with van der Waals surface area (Å²) in [6.07, 6.45) is -0.0545. The van der Waals surface area contributed by atoms with Crippen molar-refractivity contribution in [3.05, 3.63) is 99.9 Å². The van der Waals surface area contributed by atoms with Crippen LogP contribution in [-0.2, 0) is 11.2 Å². The molecule has 3 aromatic carbocycles. The number of fused-ring (bicyclic) bond motifs is 1. The van der Waals surface area contributed by atoms with E-state index in [1.54, 1.807) is 47.9 Å². The second-order valence-corrected chi connectivity index (χ2v) is 7.13. The molecule has 5 nitrogen and oxygen atoms in total. The molecule has 30 heavy (non-hydrogen) atoms. The molecule has 4 aromatic rings. The molecule has 0 fully saturated rings. The zero-order valence-electron chi connectivity index (χ0n) is 16.6. The van der Waals surface area contributed by atoms with Crippen LogP contribution in [0.15, 0.2) is 71.5 Å². The minimum Gasteiger partial charge on any atom is -0.326 e. The molecule has 0 spiro atoms. The molecular formula is C24H20FN3O2. The van der Waals surface area contributed by atoms with Gasteiger partial charge in [-0.15, -0.1) is 0 Å². The second kappa shape index (κ2) is 7.91. The zero-order valence-corrected chi connectivity index (χ0v) is 16.6. The van der Waals surface area contributed by atoms with Gasteiger partial charge in [0.15, 0.2) is 0 Å². The summed E-state index contributed by atoms with van der Waals surface area (Å²) < 4.78 is 15.3. The molecule has 0 aliphatic carbocycles. The van der Waals surface area contributed by atoms with Gasteiger partial charge in [0.25, 0.3) is 5.56 Å². The van der Waals surface area contributed by atoms with E-state index in [9.17, 15) is 14.0 Å². The summed E-state index contributed by atoms with van der Waals surface area (Å²) in [5.41, 5.74) is 2.92. The van der Waals surface area contributed by atoms with Crippen LogP contribution in [0.5, 0.6) is 0 Å². The van der Waals surface area contributed by atoms with Crippen molar-refractivity contribution in [1.29, 1.82) is 0 Å². The number of hydrogen-bond donors (Lipinski definition) is 1. The Morgan fingerprint density at radius 2 is 1.77 bits per heavy atom. The van der Waals surface area contributed by atoms with Crippen molar-refractivity contribution in [3.63, 3.8) is 0 Å². The quantitative estimate of drug-likeness (QED) is 0.554. The van der Waals surface area contributed by atoms with Gasteiger partial charge in [-0.3, -0.25) is 14.2 Å². The van der Waals surface area contributed by atoms with Crippen molar-refractivity contribution in [2.45, 2.75) is 20.3 Å². The molecule has 1 N–H and O–H groups in total. The zero-order chi connectivity index (χ0) is 21.3. The largest absolute Gasteiger partial charge is 0.326 e. The van der Waals surface area contributed by atoms with Gasteiger partial charge in [0, 0.05) is 5.69 Å². The number of aryl methyl sites for hydroxylation is 2. The smallest absolute Gasteiger partial charge is 0.265 e. The van der Waals surface area contributed by atoms with Crippen LogP contribution < -0.4 is 10.9 Å². The number of carbonyl (C=O) groups excluding carboxylic acids is 1. The van der Waals surface area contributed by atoms with E-state index in [0.717, 1.165) is 5.56 Å². The van der Waals surface area contributed by atoms with Crippen molar-refractivity contribution >= 4 is 22.5 Å². The monoisotopic (exact) mass is 401 g/mol. The fourth-order valence-corrected chi connectivity index (χ4v) is 3.48. The van der Waals surface area contributed by atoms with Crippen molar-refractivity contribution in [3.8, 4) is 5.69 Å². The average molecular weight is 401 g/mol. The Bertz CT molecular complexity index is 1330. The standard InChI is InChI=1S/C24H20FN3O2/c1-15-13-18(28-16(2)26-22-10-6-4-8-19(22)24(28)30)11-12-21(15)27-23(29)14-17-7-3-5-9-20(17)25/h3-13H,14H2,1-2H3,(H,27,29). The number of anilines is 1. The maximum absolute atomic E-state index is 13.8. The minimum atomic E-state index is -0.404. The fourth-order valence-electron chi connectivity index (χ4n) is 3.48. The van der Waals surface area contributed by atoms with Crippen LogP contribution in [0.4, 0.5) is 10.1 Å². The van der Waals surface area contributed by atoms with Crippen LogP contribution in [0.2, 0.25) is 0 Å². The molecule has 0 bridgehead atoms. The first kappa shape index (κ1) is 19.5. The summed E-state index contributed by atoms with van der Waals surface area (Å²) in [4.78, 5) is 29.9. The predicted octanol–water partition coefficient (Wildman–Crippen LogP) is 4.32. The summed E-state index contributed by atoms with van der Waals surface area (Å²) in [7, 11) is 0. The number of para-hydroxylation sites is 1. The van der Waals surface area contributed by atoms with E-state index in [-0.39, 0.29) is 17.9 Å². The first-order valence-electron chi connectivity index (χ1n) is 9.57. The maximum atomic E-state index is 13.8. The Morgan fingerprint density at radius 3 is 2.53 bits per heavy atom. The highest BCUT2D eigenvalue weighted by Crippen LogP contribution is 2.20. The number of aromatic nitrogens is 2. The van der Waals surface area contributed by atoms with Gasteiger partial charge in [-0.05, 0) is 61.4 Å². The summed E-state index contributed by atoms with van der Waals surface area (Å²) in [5.74, 6) is -0.135. The van der Waals surface area contributed by atoms with Gasteiger partial charge < -0.3 is 5.32 Å². The first-order valence-corrected chi connectivity index (χ1v) is 9.57. The lowest BCUT2D eigenvalue weighted by Gasteiger charge is -2.14.